The van der Waals surface area contributed by atoms with Gasteiger partial charge in [-0.15, -0.1) is 0 Å². The smallest absolute Gasteiger partial charge is 0.344 e. The fraction of sp³-hybridized carbons (Fsp3) is 0.417. The van der Waals surface area contributed by atoms with Gasteiger partial charge in [0.1, 0.15) is 11.9 Å². The van der Waals surface area contributed by atoms with Crippen LogP contribution in [0.4, 0.5) is 5.69 Å². The molecule has 0 fully saturated rings. The number of benzene rings is 1. The average molecular weight is 239 g/mol. The van der Waals surface area contributed by atoms with Crippen molar-refractivity contribution in [1.82, 2.24) is 0 Å². The van der Waals surface area contributed by atoms with Crippen molar-refractivity contribution < 1.29 is 19.0 Å². The molecule has 94 valence electrons. The van der Waals surface area contributed by atoms with E-state index in [-0.39, 0.29) is 12.7 Å². The van der Waals surface area contributed by atoms with Crippen molar-refractivity contribution in [3.63, 3.8) is 0 Å². The number of methoxy groups -OCH3 is 1. The minimum Gasteiger partial charge on any atom is -0.482 e. The van der Waals surface area contributed by atoms with Gasteiger partial charge in [0.25, 0.3) is 0 Å². The molecule has 1 atom stereocenters. The predicted molar refractivity (Wildman–Crippen MR) is 63.8 cm³/mol. The van der Waals surface area contributed by atoms with E-state index < -0.39 is 5.97 Å². The molecule has 1 rings (SSSR count). The highest BCUT2D eigenvalue weighted by molar-refractivity contribution is 5.71. The number of carbonyl (C=O) groups excluding carboxylic acids is 1. The van der Waals surface area contributed by atoms with Crippen molar-refractivity contribution in [2.75, 3.05) is 26.1 Å². The van der Waals surface area contributed by atoms with Crippen LogP contribution in [0.1, 0.15) is 6.92 Å². The third-order valence-electron chi connectivity index (χ3n) is 1.97. The standard InChI is InChI=1S/C12H17NO4/c1-9(7-15-2)17-12(14)8-16-11-5-3-10(13)4-6-11/h3-6,9H,7-8,13H2,1-2H3/t9-/m0/s1. The molecule has 0 amide bonds. The molecule has 5 nitrogen and oxygen atoms in total. The van der Waals surface area contributed by atoms with Gasteiger partial charge >= 0.3 is 5.97 Å². The number of anilines is 1. The lowest BCUT2D eigenvalue weighted by atomic mass is 10.3. The minimum atomic E-state index is -0.425. The zero-order valence-corrected chi connectivity index (χ0v) is 10.0. The van der Waals surface area contributed by atoms with Gasteiger partial charge in [-0.25, -0.2) is 4.79 Å². The van der Waals surface area contributed by atoms with E-state index >= 15 is 0 Å². The third kappa shape index (κ3) is 5.21. The summed E-state index contributed by atoms with van der Waals surface area (Å²) in [6.07, 6.45) is -0.275. The van der Waals surface area contributed by atoms with Crippen molar-refractivity contribution in [3.05, 3.63) is 24.3 Å². The maximum Gasteiger partial charge on any atom is 0.344 e. The number of hydrogen-bond acceptors (Lipinski definition) is 5. The first-order valence-electron chi connectivity index (χ1n) is 5.28. The summed E-state index contributed by atoms with van der Waals surface area (Å²) in [6.45, 7) is 2.00. The van der Waals surface area contributed by atoms with Crippen LogP contribution in [-0.4, -0.2) is 32.4 Å². The molecule has 1 aromatic carbocycles. The molecule has 5 heteroatoms. The van der Waals surface area contributed by atoms with Gasteiger partial charge in [-0.2, -0.15) is 0 Å². The first-order valence-corrected chi connectivity index (χ1v) is 5.28. The normalized spacial score (nSPS) is 11.9. The van der Waals surface area contributed by atoms with Gasteiger partial charge in [0.15, 0.2) is 6.61 Å². The highest BCUT2D eigenvalue weighted by Crippen LogP contribution is 2.12. The van der Waals surface area contributed by atoms with Crippen LogP contribution in [0.2, 0.25) is 0 Å². The zero-order chi connectivity index (χ0) is 12.7. The molecule has 0 heterocycles. The van der Waals surface area contributed by atoms with Gasteiger partial charge in [-0.05, 0) is 31.2 Å². The Hall–Kier alpha value is -1.75. The Morgan fingerprint density at radius 1 is 1.35 bits per heavy atom. The summed E-state index contributed by atoms with van der Waals surface area (Å²) in [5.74, 6) is 0.155. The summed E-state index contributed by atoms with van der Waals surface area (Å²) in [5.41, 5.74) is 6.17. The molecule has 0 aliphatic heterocycles. The quantitative estimate of drug-likeness (QED) is 0.597. The summed E-state index contributed by atoms with van der Waals surface area (Å²) in [6, 6.07) is 6.80. The first-order chi connectivity index (χ1) is 8.11. The molecule has 0 aliphatic carbocycles. The second kappa shape index (κ2) is 6.75. The van der Waals surface area contributed by atoms with E-state index in [1.54, 1.807) is 38.3 Å². The summed E-state index contributed by atoms with van der Waals surface area (Å²) in [4.78, 5) is 11.3. The lowest BCUT2D eigenvalue weighted by Crippen LogP contribution is -2.23. The van der Waals surface area contributed by atoms with Gasteiger partial charge in [-0.1, -0.05) is 0 Å². The van der Waals surface area contributed by atoms with Crippen molar-refractivity contribution in [2.45, 2.75) is 13.0 Å². The van der Waals surface area contributed by atoms with Gasteiger partial charge in [0.2, 0.25) is 0 Å². The van der Waals surface area contributed by atoms with Crippen molar-refractivity contribution >= 4 is 11.7 Å². The number of rotatable bonds is 6. The van der Waals surface area contributed by atoms with Crippen LogP contribution < -0.4 is 10.5 Å². The molecule has 0 radical (unpaired) electrons. The molecule has 0 bridgehead atoms. The number of carbonyl (C=O) groups is 1. The van der Waals surface area contributed by atoms with E-state index in [0.717, 1.165) is 0 Å². The van der Waals surface area contributed by atoms with E-state index in [0.29, 0.717) is 18.0 Å². The molecule has 17 heavy (non-hydrogen) atoms. The predicted octanol–water partition coefficient (Wildman–Crippen LogP) is 1.23. The van der Waals surface area contributed by atoms with Gasteiger partial charge in [-0.3, -0.25) is 0 Å². The van der Waals surface area contributed by atoms with Crippen LogP contribution >= 0.6 is 0 Å². The van der Waals surface area contributed by atoms with Crippen LogP contribution in [0.15, 0.2) is 24.3 Å². The fourth-order valence-electron chi connectivity index (χ4n) is 1.23. The molecule has 0 spiro atoms. The molecule has 0 aliphatic rings. The number of hydrogen-bond donors (Lipinski definition) is 1. The first kappa shape index (κ1) is 13.3. The molecule has 0 aromatic heterocycles. The molecule has 0 saturated heterocycles. The van der Waals surface area contributed by atoms with Crippen molar-refractivity contribution in [1.29, 1.82) is 0 Å². The van der Waals surface area contributed by atoms with Gasteiger partial charge in [0.05, 0.1) is 6.61 Å². The van der Waals surface area contributed by atoms with Crippen molar-refractivity contribution in [2.24, 2.45) is 0 Å². The topological polar surface area (TPSA) is 70.8 Å². The van der Waals surface area contributed by atoms with Crippen LogP contribution in [-0.2, 0) is 14.3 Å². The molecule has 0 unspecified atom stereocenters. The van der Waals surface area contributed by atoms with Crippen molar-refractivity contribution in [3.8, 4) is 5.75 Å². The SMILES string of the molecule is COC[C@H](C)OC(=O)COc1ccc(N)cc1. The van der Waals surface area contributed by atoms with E-state index in [4.69, 9.17) is 19.9 Å². The van der Waals surface area contributed by atoms with Crippen LogP contribution in [0.5, 0.6) is 5.75 Å². The summed E-state index contributed by atoms with van der Waals surface area (Å²) < 4.78 is 15.1. The lowest BCUT2D eigenvalue weighted by molar-refractivity contribution is -0.152. The maximum absolute atomic E-state index is 11.3. The van der Waals surface area contributed by atoms with E-state index in [1.807, 2.05) is 0 Å². The highest BCUT2D eigenvalue weighted by Gasteiger charge is 2.09. The van der Waals surface area contributed by atoms with E-state index in [9.17, 15) is 4.79 Å². The summed E-state index contributed by atoms with van der Waals surface area (Å²) in [5, 5.41) is 0. The second-order valence-corrected chi connectivity index (χ2v) is 3.61. The minimum absolute atomic E-state index is 0.127. The van der Waals surface area contributed by atoms with Crippen LogP contribution in [0.25, 0.3) is 0 Å². The molecular formula is C12H17NO4. The molecule has 2 N–H and O–H groups in total. The fourth-order valence-corrected chi connectivity index (χ4v) is 1.23. The van der Waals surface area contributed by atoms with Crippen LogP contribution in [0, 0.1) is 0 Å². The Kier molecular flexibility index (Phi) is 5.29. The highest BCUT2D eigenvalue weighted by atomic mass is 16.6. The van der Waals surface area contributed by atoms with Gasteiger partial charge < -0.3 is 19.9 Å². The van der Waals surface area contributed by atoms with E-state index in [1.165, 1.54) is 0 Å². The number of nitrogens with two attached hydrogens (primary N) is 1. The number of ether oxygens (including phenoxy) is 3. The largest absolute Gasteiger partial charge is 0.482 e. The molecule has 0 saturated carbocycles. The number of esters is 1. The average Bonchev–Trinajstić information content (AvgIpc) is 2.28. The second-order valence-electron chi connectivity index (χ2n) is 3.61. The third-order valence-corrected chi connectivity index (χ3v) is 1.97. The van der Waals surface area contributed by atoms with Crippen LogP contribution in [0.3, 0.4) is 0 Å². The number of nitrogen functional groups attached to an aromatic ring is 1. The van der Waals surface area contributed by atoms with Gasteiger partial charge in [0, 0.05) is 12.8 Å². The summed E-state index contributed by atoms with van der Waals surface area (Å²) >= 11 is 0. The Bertz CT molecular complexity index is 350. The summed E-state index contributed by atoms with van der Waals surface area (Å²) in [7, 11) is 1.55. The molecule has 1 aromatic rings. The Morgan fingerprint density at radius 3 is 2.59 bits per heavy atom. The maximum atomic E-state index is 11.3. The molecular weight excluding hydrogens is 222 g/mol. The Morgan fingerprint density at radius 2 is 2.00 bits per heavy atom. The zero-order valence-electron chi connectivity index (χ0n) is 10.0. The van der Waals surface area contributed by atoms with E-state index in [2.05, 4.69) is 0 Å². The lowest BCUT2D eigenvalue weighted by Gasteiger charge is -2.12. The Balaban J connectivity index is 2.30. The Labute approximate surface area is 100 Å². The monoisotopic (exact) mass is 239 g/mol.